The second-order valence-electron chi connectivity index (χ2n) is 7.47. The average Bonchev–Trinajstić information content (AvgIpc) is 3.47. The van der Waals surface area contributed by atoms with Crippen molar-refractivity contribution in [3.8, 4) is 17.3 Å². The summed E-state index contributed by atoms with van der Waals surface area (Å²) in [5.74, 6) is -1.98. The van der Waals surface area contributed by atoms with E-state index >= 15 is 0 Å². The highest BCUT2D eigenvalue weighted by molar-refractivity contribution is 7.12. The fraction of sp³-hybridized carbons (Fsp3) is 0.227. The number of nitrogens with one attached hydrogen (secondary N) is 1. The number of nitrogens with two attached hydrogens (primary N) is 1. The van der Waals surface area contributed by atoms with Crippen molar-refractivity contribution in [1.82, 2.24) is 19.4 Å². The van der Waals surface area contributed by atoms with E-state index in [1.807, 2.05) is 6.07 Å². The summed E-state index contributed by atoms with van der Waals surface area (Å²) >= 11 is 1.28. The minimum Gasteiger partial charge on any atom is -0.475 e. The Morgan fingerprint density at radius 1 is 1.16 bits per heavy atom. The van der Waals surface area contributed by atoms with Crippen molar-refractivity contribution in [2.75, 3.05) is 17.6 Å². The number of benzene rings is 1. The Kier molecular flexibility index (Phi) is 8.41. The number of carboxylic acid groups (broad SMARTS) is 1. The number of halogens is 6. The first kappa shape index (κ1) is 28.2. The first-order chi connectivity index (χ1) is 17.8. The Morgan fingerprint density at radius 3 is 2.37 bits per heavy atom. The standard InChI is InChI=1S/C20H16F3N7S.C2HF3O2/c21-20(22,23)13-5-3-12(4-6-13)14-11-30-9-8-27-19(30)18(28-14)26-7-1-2-16-29-17(25)15(10-24)31-16;3-2(4,5)1(6)7/h3-6,8-9,11H,1-2,7,25H2,(H,26,28);(H,6,7). The van der Waals surface area contributed by atoms with Gasteiger partial charge in [0.1, 0.15) is 10.9 Å². The van der Waals surface area contributed by atoms with Crippen LogP contribution >= 0.6 is 11.3 Å². The number of aryl methyl sites for hydroxylation is 1. The number of carboxylic acids is 1. The average molecular weight is 557 g/mol. The van der Waals surface area contributed by atoms with Gasteiger partial charge in [0, 0.05) is 37.1 Å². The number of imidazole rings is 1. The van der Waals surface area contributed by atoms with Crippen molar-refractivity contribution in [2.24, 2.45) is 0 Å². The zero-order valence-electron chi connectivity index (χ0n) is 19.0. The lowest BCUT2D eigenvalue weighted by atomic mass is 10.1. The number of nitriles is 1. The van der Waals surface area contributed by atoms with E-state index in [1.165, 1.54) is 23.5 Å². The van der Waals surface area contributed by atoms with Gasteiger partial charge in [-0.3, -0.25) is 0 Å². The highest BCUT2D eigenvalue weighted by Gasteiger charge is 2.38. The third kappa shape index (κ3) is 7.09. The Hall–Kier alpha value is -4.39. The van der Waals surface area contributed by atoms with E-state index in [0.29, 0.717) is 40.6 Å². The third-order valence-electron chi connectivity index (χ3n) is 4.78. The van der Waals surface area contributed by atoms with Crippen LogP contribution in [0.1, 0.15) is 21.9 Å². The summed E-state index contributed by atoms with van der Waals surface area (Å²) in [7, 11) is 0. The number of hydrogen-bond donors (Lipinski definition) is 3. The molecule has 0 fully saturated rings. The molecule has 0 aliphatic heterocycles. The van der Waals surface area contributed by atoms with Gasteiger partial charge in [-0.25, -0.2) is 19.7 Å². The molecule has 0 aliphatic rings. The molecule has 3 aromatic heterocycles. The Morgan fingerprint density at radius 2 is 1.82 bits per heavy atom. The van der Waals surface area contributed by atoms with Gasteiger partial charge in [0.05, 0.1) is 16.3 Å². The molecule has 16 heteroatoms. The summed E-state index contributed by atoms with van der Waals surface area (Å²) in [5.41, 5.74) is 6.67. The number of aromatic nitrogens is 4. The van der Waals surface area contributed by atoms with Gasteiger partial charge >= 0.3 is 18.3 Å². The van der Waals surface area contributed by atoms with Crippen LogP contribution in [0, 0.1) is 11.3 Å². The molecule has 0 amide bonds. The fourth-order valence-corrected chi connectivity index (χ4v) is 3.85. The van der Waals surface area contributed by atoms with Gasteiger partial charge in [-0.05, 0) is 18.6 Å². The Labute approximate surface area is 214 Å². The van der Waals surface area contributed by atoms with Crippen molar-refractivity contribution in [3.63, 3.8) is 0 Å². The number of aliphatic carboxylic acids is 1. The van der Waals surface area contributed by atoms with Gasteiger partial charge in [-0.1, -0.05) is 12.1 Å². The second kappa shape index (κ2) is 11.3. The van der Waals surface area contributed by atoms with E-state index < -0.39 is 23.9 Å². The minimum atomic E-state index is -5.08. The highest BCUT2D eigenvalue weighted by Crippen LogP contribution is 2.31. The number of alkyl halides is 6. The van der Waals surface area contributed by atoms with Gasteiger partial charge in [0.25, 0.3) is 0 Å². The zero-order valence-corrected chi connectivity index (χ0v) is 19.8. The number of thiazole rings is 1. The number of rotatable bonds is 6. The van der Waals surface area contributed by atoms with Crippen LogP contribution in [-0.4, -0.2) is 43.1 Å². The molecule has 0 aliphatic carbocycles. The van der Waals surface area contributed by atoms with E-state index in [2.05, 4.69) is 20.3 Å². The summed E-state index contributed by atoms with van der Waals surface area (Å²) in [6, 6.07) is 6.89. The minimum absolute atomic E-state index is 0.250. The Bertz CT molecular complexity index is 1460. The predicted octanol–water partition coefficient (Wildman–Crippen LogP) is 5.00. The van der Waals surface area contributed by atoms with Crippen LogP contribution in [0.3, 0.4) is 0 Å². The van der Waals surface area contributed by atoms with Crippen LogP contribution < -0.4 is 11.1 Å². The molecular formula is C22H17F6N7O2S. The molecule has 1 aromatic carbocycles. The van der Waals surface area contributed by atoms with Gasteiger partial charge < -0.3 is 20.6 Å². The lowest BCUT2D eigenvalue weighted by molar-refractivity contribution is -0.192. The summed E-state index contributed by atoms with van der Waals surface area (Å²) in [6.45, 7) is 0.563. The summed E-state index contributed by atoms with van der Waals surface area (Å²) in [6.07, 6.45) is -3.01. The first-order valence-corrected chi connectivity index (χ1v) is 11.3. The number of nitrogen functional groups attached to an aromatic ring is 1. The van der Waals surface area contributed by atoms with Crippen LogP contribution in [0.15, 0.2) is 42.9 Å². The maximum absolute atomic E-state index is 12.8. The molecule has 0 atom stereocenters. The van der Waals surface area contributed by atoms with E-state index in [-0.39, 0.29) is 5.82 Å². The summed E-state index contributed by atoms with van der Waals surface area (Å²) in [4.78, 5) is 22.3. The molecule has 0 bridgehead atoms. The second-order valence-corrected chi connectivity index (χ2v) is 8.56. The molecule has 4 rings (SSSR count). The number of anilines is 2. The van der Waals surface area contributed by atoms with Crippen LogP contribution in [0.2, 0.25) is 0 Å². The predicted molar refractivity (Wildman–Crippen MR) is 125 cm³/mol. The van der Waals surface area contributed by atoms with Crippen molar-refractivity contribution in [3.05, 3.63) is 58.3 Å². The summed E-state index contributed by atoms with van der Waals surface area (Å²) in [5, 5.41) is 20.1. The lowest BCUT2D eigenvalue weighted by Crippen LogP contribution is -2.21. The number of nitrogens with zero attached hydrogens (tertiary/aromatic N) is 5. The smallest absolute Gasteiger partial charge is 0.475 e. The number of fused-ring (bicyclic) bond motifs is 1. The third-order valence-corrected chi connectivity index (χ3v) is 5.82. The molecule has 4 N–H and O–H groups in total. The van der Waals surface area contributed by atoms with Crippen molar-refractivity contribution in [2.45, 2.75) is 25.2 Å². The normalized spacial score (nSPS) is 11.5. The number of carbonyl (C=O) groups is 1. The van der Waals surface area contributed by atoms with Crippen LogP contribution in [0.5, 0.6) is 0 Å². The van der Waals surface area contributed by atoms with Gasteiger partial charge in [-0.2, -0.15) is 31.6 Å². The van der Waals surface area contributed by atoms with Crippen LogP contribution in [0.4, 0.5) is 38.0 Å². The lowest BCUT2D eigenvalue weighted by Gasteiger charge is -2.11. The van der Waals surface area contributed by atoms with Crippen LogP contribution in [-0.2, 0) is 17.4 Å². The van der Waals surface area contributed by atoms with Gasteiger partial charge in [-0.15, -0.1) is 11.3 Å². The topological polar surface area (TPSA) is 142 Å². The van der Waals surface area contributed by atoms with Crippen molar-refractivity contribution < 1.29 is 36.2 Å². The van der Waals surface area contributed by atoms with E-state index in [9.17, 15) is 26.3 Å². The van der Waals surface area contributed by atoms with Gasteiger partial charge in [0.2, 0.25) is 0 Å². The first-order valence-electron chi connectivity index (χ1n) is 10.5. The molecule has 0 spiro atoms. The molecular weight excluding hydrogens is 540 g/mol. The highest BCUT2D eigenvalue weighted by atomic mass is 32.1. The largest absolute Gasteiger partial charge is 0.490 e. The van der Waals surface area contributed by atoms with E-state index in [1.54, 1.807) is 23.0 Å². The molecule has 38 heavy (non-hydrogen) atoms. The van der Waals surface area contributed by atoms with E-state index in [4.69, 9.17) is 20.9 Å². The Balaban J connectivity index is 0.000000505. The fourth-order valence-electron chi connectivity index (χ4n) is 3.03. The van der Waals surface area contributed by atoms with Crippen LogP contribution in [0.25, 0.3) is 16.9 Å². The van der Waals surface area contributed by atoms with Gasteiger partial charge in [0.15, 0.2) is 17.3 Å². The zero-order chi connectivity index (χ0) is 28.1. The molecule has 0 radical (unpaired) electrons. The maximum Gasteiger partial charge on any atom is 0.490 e. The molecule has 9 nitrogen and oxygen atoms in total. The monoisotopic (exact) mass is 557 g/mol. The number of hydrogen-bond acceptors (Lipinski definition) is 8. The quantitative estimate of drug-likeness (QED) is 0.222. The molecule has 0 saturated heterocycles. The van der Waals surface area contributed by atoms with Crippen molar-refractivity contribution in [1.29, 1.82) is 5.26 Å². The van der Waals surface area contributed by atoms with Crippen molar-refractivity contribution >= 4 is 34.6 Å². The SMILES string of the molecule is N#Cc1sc(CCCNc2nc(-c3ccc(C(F)(F)F)cc3)cn3ccnc23)nc1N.O=C(O)C(F)(F)F. The summed E-state index contributed by atoms with van der Waals surface area (Å²) < 4.78 is 72.0. The van der Waals surface area contributed by atoms with E-state index in [0.717, 1.165) is 23.6 Å². The molecule has 0 unspecified atom stereocenters. The molecule has 3 heterocycles. The maximum atomic E-state index is 12.8. The molecule has 4 aromatic rings. The molecule has 200 valence electrons. The molecule has 0 saturated carbocycles.